The maximum atomic E-state index is 5.25. The molecule has 1 N–H and O–H groups in total. The van der Waals surface area contributed by atoms with E-state index in [9.17, 15) is 0 Å². The van der Waals surface area contributed by atoms with E-state index in [1.807, 2.05) is 12.1 Å². The van der Waals surface area contributed by atoms with Crippen LogP contribution in [-0.4, -0.2) is 17.1 Å². The molecule has 0 saturated carbocycles. The third-order valence-electron chi connectivity index (χ3n) is 4.09. The van der Waals surface area contributed by atoms with Gasteiger partial charge in [-0.05, 0) is 36.8 Å². The van der Waals surface area contributed by atoms with Crippen molar-refractivity contribution in [3.63, 3.8) is 0 Å². The zero-order valence-corrected chi connectivity index (χ0v) is 14.8. The first kappa shape index (κ1) is 15.6. The molecule has 4 rings (SSSR count). The average Bonchev–Trinajstić information content (AvgIpc) is 3.09. The molecule has 4 nitrogen and oxygen atoms in total. The fourth-order valence-electron chi connectivity index (χ4n) is 2.73. The minimum Gasteiger partial charge on any atom is -0.497 e. The zero-order chi connectivity index (χ0) is 17.2. The summed E-state index contributed by atoms with van der Waals surface area (Å²) in [6, 6.07) is 16.3. The molecule has 2 aromatic carbocycles. The normalized spacial score (nSPS) is 10.8. The topological polar surface area (TPSA) is 47.0 Å². The number of hydrogen-bond donors (Lipinski definition) is 1. The summed E-state index contributed by atoms with van der Waals surface area (Å²) in [5.41, 5.74) is 4.48. The molecule has 2 aromatic heterocycles. The third-order valence-corrected chi connectivity index (χ3v) is 4.97. The standard InChI is InChI=1S/C20H17N3OS/c1-13-3-7-15(8-4-13)23-19-18-17(11-25-20(18)22-12-21-19)14-5-9-16(24-2)10-6-14/h3-12H,1-2H3,(H,21,22,23). The fourth-order valence-corrected chi connectivity index (χ4v) is 3.64. The molecule has 0 aliphatic rings. The van der Waals surface area contributed by atoms with E-state index in [0.717, 1.165) is 38.6 Å². The van der Waals surface area contributed by atoms with Crippen LogP contribution in [-0.2, 0) is 0 Å². The molecule has 2 heterocycles. The molecule has 0 fully saturated rings. The predicted molar refractivity (Wildman–Crippen MR) is 104 cm³/mol. The minimum atomic E-state index is 0.820. The van der Waals surface area contributed by atoms with Crippen LogP contribution in [0, 0.1) is 6.92 Å². The van der Waals surface area contributed by atoms with Gasteiger partial charge in [0.25, 0.3) is 0 Å². The first-order chi connectivity index (χ1) is 12.2. The van der Waals surface area contributed by atoms with Crippen molar-refractivity contribution in [2.24, 2.45) is 0 Å². The summed E-state index contributed by atoms with van der Waals surface area (Å²) in [7, 11) is 1.67. The number of thiophene rings is 1. The predicted octanol–water partition coefficient (Wildman–Crippen LogP) is 5.42. The van der Waals surface area contributed by atoms with Crippen LogP contribution in [0.3, 0.4) is 0 Å². The molecule has 0 aliphatic carbocycles. The van der Waals surface area contributed by atoms with Gasteiger partial charge >= 0.3 is 0 Å². The van der Waals surface area contributed by atoms with E-state index >= 15 is 0 Å². The number of nitrogens with zero attached hydrogens (tertiary/aromatic N) is 2. The largest absolute Gasteiger partial charge is 0.497 e. The van der Waals surface area contributed by atoms with E-state index < -0.39 is 0 Å². The van der Waals surface area contributed by atoms with Crippen molar-refractivity contribution in [2.75, 3.05) is 12.4 Å². The molecule has 0 aliphatic heterocycles. The summed E-state index contributed by atoms with van der Waals surface area (Å²) >= 11 is 1.62. The Bertz CT molecular complexity index is 1010. The van der Waals surface area contributed by atoms with Gasteiger partial charge in [0.15, 0.2) is 0 Å². The first-order valence-electron chi connectivity index (χ1n) is 7.95. The van der Waals surface area contributed by atoms with E-state index in [0.29, 0.717) is 0 Å². The first-order valence-corrected chi connectivity index (χ1v) is 8.83. The number of aromatic nitrogens is 2. The molecule has 0 amide bonds. The highest BCUT2D eigenvalue weighted by Crippen LogP contribution is 2.37. The molecule has 25 heavy (non-hydrogen) atoms. The van der Waals surface area contributed by atoms with Gasteiger partial charge in [0.05, 0.1) is 12.5 Å². The van der Waals surface area contributed by atoms with Crippen LogP contribution in [0.15, 0.2) is 60.2 Å². The number of benzene rings is 2. The van der Waals surface area contributed by atoms with E-state index in [1.165, 1.54) is 5.56 Å². The lowest BCUT2D eigenvalue weighted by Gasteiger charge is -2.09. The summed E-state index contributed by atoms with van der Waals surface area (Å²) in [5.74, 6) is 1.67. The molecule has 124 valence electrons. The summed E-state index contributed by atoms with van der Waals surface area (Å²) in [6.45, 7) is 2.08. The highest BCUT2D eigenvalue weighted by Gasteiger charge is 2.13. The van der Waals surface area contributed by atoms with E-state index in [-0.39, 0.29) is 0 Å². The van der Waals surface area contributed by atoms with Gasteiger partial charge in [0, 0.05) is 16.6 Å². The van der Waals surface area contributed by atoms with Crippen LogP contribution in [0.2, 0.25) is 0 Å². The molecule has 0 bridgehead atoms. The Hall–Kier alpha value is -2.92. The third kappa shape index (κ3) is 3.06. The molecule has 4 aromatic rings. The highest BCUT2D eigenvalue weighted by atomic mass is 32.1. The van der Waals surface area contributed by atoms with Crippen molar-refractivity contribution < 1.29 is 4.74 Å². The van der Waals surface area contributed by atoms with Gasteiger partial charge in [-0.1, -0.05) is 29.8 Å². The van der Waals surface area contributed by atoms with E-state index in [2.05, 4.69) is 64.0 Å². The van der Waals surface area contributed by atoms with Gasteiger partial charge in [0.1, 0.15) is 22.7 Å². The highest BCUT2D eigenvalue weighted by molar-refractivity contribution is 7.17. The van der Waals surface area contributed by atoms with Gasteiger partial charge in [-0.2, -0.15) is 0 Å². The Kier molecular flexibility index (Phi) is 4.07. The zero-order valence-electron chi connectivity index (χ0n) is 14.0. The van der Waals surface area contributed by atoms with E-state index in [4.69, 9.17) is 4.74 Å². The second-order valence-electron chi connectivity index (χ2n) is 5.77. The molecule has 0 atom stereocenters. The summed E-state index contributed by atoms with van der Waals surface area (Å²) < 4.78 is 5.25. The van der Waals surface area contributed by atoms with Crippen molar-refractivity contribution in [3.8, 4) is 16.9 Å². The van der Waals surface area contributed by atoms with Crippen LogP contribution < -0.4 is 10.1 Å². The fraction of sp³-hybridized carbons (Fsp3) is 0.100. The van der Waals surface area contributed by atoms with Crippen LogP contribution in [0.1, 0.15) is 5.56 Å². The van der Waals surface area contributed by atoms with Crippen molar-refractivity contribution in [3.05, 3.63) is 65.8 Å². The lowest BCUT2D eigenvalue weighted by molar-refractivity contribution is 0.415. The Morgan fingerprint density at radius 2 is 1.72 bits per heavy atom. The van der Waals surface area contributed by atoms with E-state index in [1.54, 1.807) is 24.8 Å². The van der Waals surface area contributed by atoms with Crippen molar-refractivity contribution in [2.45, 2.75) is 6.92 Å². The SMILES string of the molecule is COc1ccc(-c2csc3ncnc(Nc4ccc(C)cc4)c23)cc1. The number of hydrogen-bond acceptors (Lipinski definition) is 5. The molecular weight excluding hydrogens is 330 g/mol. The lowest BCUT2D eigenvalue weighted by Crippen LogP contribution is -1.95. The summed E-state index contributed by atoms with van der Waals surface area (Å²) in [6.07, 6.45) is 1.60. The summed E-state index contributed by atoms with van der Waals surface area (Å²) in [4.78, 5) is 9.86. The van der Waals surface area contributed by atoms with Crippen molar-refractivity contribution >= 4 is 33.1 Å². The lowest BCUT2D eigenvalue weighted by atomic mass is 10.1. The molecular formula is C20H17N3OS. The van der Waals surface area contributed by atoms with Crippen molar-refractivity contribution in [1.29, 1.82) is 0 Å². The van der Waals surface area contributed by atoms with Gasteiger partial charge in [-0.15, -0.1) is 11.3 Å². The van der Waals surface area contributed by atoms with Crippen LogP contribution >= 0.6 is 11.3 Å². The van der Waals surface area contributed by atoms with Crippen LogP contribution in [0.5, 0.6) is 5.75 Å². The Balaban J connectivity index is 1.79. The Morgan fingerprint density at radius 1 is 0.960 bits per heavy atom. The van der Waals surface area contributed by atoms with Gasteiger partial charge in [-0.3, -0.25) is 0 Å². The second kappa shape index (κ2) is 6.53. The smallest absolute Gasteiger partial charge is 0.143 e. The molecule has 5 heteroatoms. The van der Waals surface area contributed by atoms with Crippen LogP contribution in [0.25, 0.3) is 21.3 Å². The maximum Gasteiger partial charge on any atom is 0.143 e. The number of methoxy groups -OCH3 is 1. The minimum absolute atomic E-state index is 0.820. The number of anilines is 2. The average molecular weight is 347 g/mol. The second-order valence-corrected chi connectivity index (χ2v) is 6.63. The van der Waals surface area contributed by atoms with Crippen LogP contribution in [0.4, 0.5) is 11.5 Å². The number of fused-ring (bicyclic) bond motifs is 1. The van der Waals surface area contributed by atoms with Crippen molar-refractivity contribution in [1.82, 2.24) is 9.97 Å². The monoisotopic (exact) mass is 347 g/mol. The number of rotatable bonds is 4. The number of aryl methyl sites for hydroxylation is 1. The quantitative estimate of drug-likeness (QED) is 0.535. The van der Waals surface area contributed by atoms with Gasteiger partial charge in [-0.25, -0.2) is 9.97 Å². The number of nitrogens with one attached hydrogen (secondary N) is 1. The molecule has 0 unspecified atom stereocenters. The summed E-state index contributed by atoms with van der Waals surface area (Å²) in [5, 5.41) is 6.59. The van der Waals surface area contributed by atoms with Gasteiger partial charge < -0.3 is 10.1 Å². The molecule has 0 saturated heterocycles. The molecule has 0 spiro atoms. The Labute approximate surface area is 150 Å². The maximum absolute atomic E-state index is 5.25. The molecule has 0 radical (unpaired) electrons. The Morgan fingerprint density at radius 3 is 2.44 bits per heavy atom. The van der Waals surface area contributed by atoms with Gasteiger partial charge in [0.2, 0.25) is 0 Å². The number of ether oxygens (including phenoxy) is 1.